The lowest BCUT2D eigenvalue weighted by Gasteiger charge is -2.13. The highest BCUT2D eigenvalue weighted by molar-refractivity contribution is 5.78. The number of methoxy groups -OCH3 is 1. The number of benzene rings is 2. The van der Waals surface area contributed by atoms with Gasteiger partial charge < -0.3 is 14.4 Å². The molecule has 0 saturated carbocycles. The van der Waals surface area contributed by atoms with Crippen molar-refractivity contribution in [2.45, 2.75) is 25.3 Å². The predicted octanol–water partition coefficient (Wildman–Crippen LogP) is 2.84. The van der Waals surface area contributed by atoms with Crippen molar-refractivity contribution in [3.63, 3.8) is 0 Å². The molecule has 0 bridgehead atoms. The highest BCUT2D eigenvalue weighted by Gasteiger charge is 2.26. The van der Waals surface area contributed by atoms with Crippen molar-refractivity contribution >= 4 is 10.9 Å². The number of ether oxygens (including phenoxy) is 1. The molecule has 0 spiro atoms. The van der Waals surface area contributed by atoms with Gasteiger partial charge in [0, 0.05) is 12.5 Å². The van der Waals surface area contributed by atoms with Gasteiger partial charge >= 0.3 is 0 Å². The second kappa shape index (κ2) is 5.67. The summed E-state index contributed by atoms with van der Waals surface area (Å²) in [5.41, 5.74) is 1.86. The third-order valence-electron chi connectivity index (χ3n) is 4.71. The summed E-state index contributed by atoms with van der Waals surface area (Å²) in [7, 11) is 1.54. The van der Waals surface area contributed by atoms with Gasteiger partial charge in [-0.3, -0.25) is 4.79 Å². The first-order valence-corrected chi connectivity index (χ1v) is 8.02. The van der Waals surface area contributed by atoms with Gasteiger partial charge in [0.15, 0.2) is 11.5 Å². The van der Waals surface area contributed by atoms with Crippen molar-refractivity contribution < 1.29 is 9.84 Å². The number of rotatable bonds is 3. The average molecular weight is 322 g/mol. The normalized spacial score (nSPS) is 16.3. The number of aryl methyl sites for hydroxylation is 1. The summed E-state index contributed by atoms with van der Waals surface area (Å²) in [6, 6.07) is 13.0. The van der Waals surface area contributed by atoms with Crippen molar-refractivity contribution in [3.8, 4) is 11.5 Å². The van der Waals surface area contributed by atoms with Crippen molar-refractivity contribution in [1.29, 1.82) is 0 Å². The van der Waals surface area contributed by atoms with Gasteiger partial charge in [-0.05, 0) is 42.7 Å². The quantitative estimate of drug-likeness (QED) is 0.805. The van der Waals surface area contributed by atoms with Crippen molar-refractivity contribution in [2.24, 2.45) is 0 Å². The second-order valence-electron chi connectivity index (χ2n) is 6.14. The molecular weight excluding hydrogens is 304 g/mol. The summed E-state index contributed by atoms with van der Waals surface area (Å²) in [4.78, 5) is 16.7. The Morgan fingerprint density at radius 3 is 2.96 bits per heavy atom. The van der Waals surface area contributed by atoms with Gasteiger partial charge in [0.05, 0.1) is 18.0 Å². The van der Waals surface area contributed by atoms with E-state index < -0.39 is 0 Å². The van der Waals surface area contributed by atoms with Crippen molar-refractivity contribution in [1.82, 2.24) is 9.55 Å². The Kier molecular flexibility index (Phi) is 3.49. The number of nitrogens with zero attached hydrogens (tertiary/aromatic N) is 2. The Bertz CT molecular complexity index is 978. The van der Waals surface area contributed by atoms with E-state index in [1.54, 1.807) is 6.07 Å². The largest absolute Gasteiger partial charge is 0.504 e. The fourth-order valence-corrected chi connectivity index (χ4v) is 3.53. The Morgan fingerprint density at radius 2 is 2.12 bits per heavy atom. The number of aromatic hydroxyl groups is 1. The molecule has 0 fully saturated rings. The first kappa shape index (κ1) is 14.8. The molecule has 3 aromatic rings. The number of hydrogen-bond donors (Lipinski definition) is 1. The van der Waals surface area contributed by atoms with Gasteiger partial charge in [-0.2, -0.15) is 4.98 Å². The maximum atomic E-state index is 12.3. The van der Waals surface area contributed by atoms with E-state index in [1.807, 2.05) is 36.4 Å². The minimum atomic E-state index is -0.160. The minimum absolute atomic E-state index is 0.133. The summed E-state index contributed by atoms with van der Waals surface area (Å²) in [5.74, 6) is 1.64. The molecule has 2 heterocycles. The molecule has 0 radical (unpaired) electrons. The molecule has 0 amide bonds. The second-order valence-corrected chi connectivity index (χ2v) is 6.14. The predicted molar refractivity (Wildman–Crippen MR) is 91.7 cm³/mol. The molecule has 1 aliphatic rings. The van der Waals surface area contributed by atoms with Crippen molar-refractivity contribution in [2.75, 3.05) is 7.11 Å². The molecule has 1 atom stereocenters. The maximum Gasteiger partial charge on any atom is 0.280 e. The fraction of sp³-hybridized carbons (Fsp3) is 0.263. The van der Waals surface area contributed by atoms with Gasteiger partial charge in [0.25, 0.3) is 5.56 Å². The zero-order valence-electron chi connectivity index (χ0n) is 13.4. The summed E-state index contributed by atoms with van der Waals surface area (Å²) >= 11 is 0. The maximum absolute atomic E-state index is 12.3. The first-order valence-electron chi connectivity index (χ1n) is 8.02. The van der Waals surface area contributed by atoms with Crippen LogP contribution < -0.4 is 10.3 Å². The van der Waals surface area contributed by atoms with Gasteiger partial charge in [-0.25, -0.2) is 0 Å². The lowest BCUT2D eigenvalue weighted by molar-refractivity contribution is 0.373. The lowest BCUT2D eigenvalue weighted by Crippen LogP contribution is -2.16. The first-order chi connectivity index (χ1) is 11.7. The summed E-state index contributed by atoms with van der Waals surface area (Å²) in [5, 5.41) is 10.4. The van der Waals surface area contributed by atoms with Crippen LogP contribution in [-0.2, 0) is 13.0 Å². The molecule has 5 nitrogen and oxygen atoms in total. The highest BCUT2D eigenvalue weighted by Crippen LogP contribution is 2.33. The zero-order valence-corrected chi connectivity index (χ0v) is 13.4. The summed E-state index contributed by atoms with van der Waals surface area (Å²) < 4.78 is 7.33. The fourth-order valence-electron chi connectivity index (χ4n) is 3.53. The average Bonchev–Trinajstić information content (AvgIpc) is 3.00. The lowest BCUT2D eigenvalue weighted by atomic mass is 9.97. The van der Waals surface area contributed by atoms with Gasteiger partial charge in [0.1, 0.15) is 5.82 Å². The number of fused-ring (bicyclic) bond motifs is 3. The Labute approximate surface area is 139 Å². The molecule has 2 aromatic carbocycles. The van der Waals surface area contributed by atoms with Crippen LogP contribution in [0, 0.1) is 0 Å². The monoisotopic (exact) mass is 322 g/mol. The van der Waals surface area contributed by atoms with Crippen LogP contribution in [0.2, 0.25) is 0 Å². The molecular formula is C19H18N2O3. The highest BCUT2D eigenvalue weighted by atomic mass is 16.5. The van der Waals surface area contributed by atoms with E-state index in [2.05, 4.69) is 9.55 Å². The van der Waals surface area contributed by atoms with E-state index >= 15 is 0 Å². The van der Waals surface area contributed by atoms with E-state index in [9.17, 15) is 9.90 Å². The van der Waals surface area contributed by atoms with Crippen LogP contribution in [0.4, 0.5) is 0 Å². The van der Waals surface area contributed by atoms with Gasteiger partial charge in [-0.15, -0.1) is 0 Å². The van der Waals surface area contributed by atoms with Crippen LogP contribution in [0.5, 0.6) is 11.5 Å². The Hall–Kier alpha value is -2.82. The van der Waals surface area contributed by atoms with Crippen LogP contribution in [-0.4, -0.2) is 21.8 Å². The molecule has 0 saturated heterocycles. The molecule has 24 heavy (non-hydrogen) atoms. The number of hydrogen-bond acceptors (Lipinski definition) is 4. The Morgan fingerprint density at radius 1 is 1.29 bits per heavy atom. The third kappa shape index (κ3) is 2.33. The molecule has 4 rings (SSSR count). The van der Waals surface area contributed by atoms with Crippen LogP contribution in [0.1, 0.15) is 23.7 Å². The standard InChI is InChI=1S/C19H18N2O3/c1-24-17-11-12(6-7-16(17)22)10-13-8-9-21-15-5-3-2-4-14(15)19(23)20-18(13)21/h2-7,11,13,22H,8-10H2,1H3. The molecule has 1 aromatic heterocycles. The van der Waals surface area contributed by atoms with Crippen LogP contribution in [0.15, 0.2) is 47.3 Å². The van der Waals surface area contributed by atoms with Gasteiger partial charge in [0.2, 0.25) is 0 Å². The third-order valence-corrected chi connectivity index (χ3v) is 4.71. The van der Waals surface area contributed by atoms with E-state index in [4.69, 9.17) is 4.74 Å². The zero-order chi connectivity index (χ0) is 16.7. The number of aromatic nitrogens is 2. The van der Waals surface area contributed by atoms with Crippen LogP contribution >= 0.6 is 0 Å². The van der Waals surface area contributed by atoms with E-state index in [-0.39, 0.29) is 17.2 Å². The van der Waals surface area contributed by atoms with Crippen LogP contribution in [0.3, 0.4) is 0 Å². The van der Waals surface area contributed by atoms with Gasteiger partial charge in [-0.1, -0.05) is 18.2 Å². The molecule has 0 aliphatic carbocycles. The number of phenolic OH excluding ortho intramolecular Hbond substituents is 1. The smallest absolute Gasteiger partial charge is 0.280 e. The Balaban J connectivity index is 1.73. The van der Waals surface area contributed by atoms with E-state index in [1.165, 1.54) is 7.11 Å². The molecule has 5 heteroatoms. The molecule has 1 unspecified atom stereocenters. The van der Waals surface area contributed by atoms with Crippen molar-refractivity contribution in [3.05, 3.63) is 64.2 Å². The topological polar surface area (TPSA) is 64.4 Å². The SMILES string of the molecule is COc1cc(CC2CCn3c2nc(=O)c2ccccc23)ccc1O. The molecule has 1 aliphatic heterocycles. The summed E-state index contributed by atoms with van der Waals surface area (Å²) in [6.07, 6.45) is 1.71. The minimum Gasteiger partial charge on any atom is -0.504 e. The number of para-hydroxylation sites is 1. The van der Waals surface area contributed by atoms with Crippen LogP contribution in [0.25, 0.3) is 10.9 Å². The van der Waals surface area contributed by atoms with E-state index in [0.29, 0.717) is 11.1 Å². The summed E-state index contributed by atoms with van der Waals surface area (Å²) in [6.45, 7) is 0.864. The molecule has 122 valence electrons. The molecule has 1 N–H and O–H groups in total. The number of phenols is 1. The van der Waals surface area contributed by atoms with E-state index in [0.717, 1.165) is 36.3 Å².